The highest BCUT2D eigenvalue weighted by Crippen LogP contribution is 2.34. The number of ether oxygens (including phenoxy) is 1. The average molecular weight is 245 g/mol. The van der Waals surface area contributed by atoms with Crippen LogP contribution in [-0.4, -0.2) is 11.6 Å². The van der Waals surface area contributed by atoms with Crippen LogP contribution in [0.25, 0.3) is 0 Å². The Morgan fingerprint density at radius 1 is 1.29 bits per heavy atom. The number of benzene rings is 1. The van der Waals surface area contributed by atoms with Gasteiger partial charge in [0, 0.05) is 0 Å². The van der Waals surface area contributed by atoms with Gasteiger partial charge in [-0.1, -0.05) is 0 Å². The van der Waals surface area contributed by atoms with Crippen LogP contribution in [0, 0.1) is 0 Å². The number of rotatable bonds is 0. The van der Waals surface area contributed by atoms with E-state index >= 15 is 0 Å². The maximum atomic E-state index is 12.5. The largest absolute Gasteiger partial charge is 0.468 e. The average Bonchev–Trinajstić information content (AvgIpc) is 2.13. The molecule has 0 unspecified atom stereocenters. The molecule has 0 atom stereocenters. The Bertz CT molecular complexity index is 480. The Morgan fingerprint density at radius 3 is 2.53 bits per heavy atom. The van der Waals surface area contributed by atoms with Crippen LogP contribution in [-0.2, 0) is 6.18 Å². The van der Waals surface area contributed by atoms with Crippen molar-refractivity contribution < 1.29 is 22.7 Å². The lowest BCUT2D eigenvalue weighted by molar-refractivity contribution is -0.137. The number of carbonyl (C=O) groups is 1. The van der Waals surface area contributed by atoms with Gasteiger partial charge in [0.25, 0.3) is 5.91 Å². The number of hydrogen-bond donors (Lipinski definition) is 1. The molecule has 1 aromatic rings. The zero-order valence-corrected chi connectivity index (χ0v) is 9.18. The van der Waals surface area contributed by atoms with E-state index in [4.69, 9.17) is 4.74 Å². The fraction of sp³-hybridized carbons (Fsp3) is 0.364. The summed E-state index contributed by atoms with van der Waals surface area (Å²) >= 11 is 0. The first kappa shape index (κ1) is 11.8. The van der Waals surface area contributed by atoms with Crippen molar-refractivity contribution in [2.45, 2.75) is 25.7 Å². The molecule has 1 aliphatic heterocycles. The summed E-state index contributed by atoms with van der Waals surface area (Å²) in [4.78, 5) is 11.6. The van der Waals surface area contributed by atoms with Crippen molar-refractivity contribution in [1.29, 1.82) is 0 Å². The quantitative estimate of drug-likeness (QED) is 0.762. The maximum absolute atomic E-state index is 12.5. The Morgan fingerprint density at radius 2 is 1.94 bits per heavy atom. The molecule has 1 aromatic carbocycles. The van der Waals surface area contributed by atoms with Crippen LogP contribution in [0.3, 0.4) is 0 Å². The van der Waals surface area contributed by atoms with Gasteiger partial charge < -0.3 is 10.1 Å². The van der Waals surface area contributed by atoms with Crippen molar-refractivity contribution in [3.63, 3.8) is 0 Å². The molecule has 2 rings (SSSR count). The first-order valence-electron chi connectivity index (χ1n) is 4.92. The molecule has 0 radical (unpaired) electrons. The van der Waals surface area contributed by atoms with Gasteiger partial charge in [-0.05, 0) is 32.0 Å². The van der Waals surface area contributed by atoms with E-state index in [1.54, 1.807) is 13.8 Å². The second-order valence-corrected chi connectivity index (χ2v) is 4.28. The zero-order chi connectivity index (χ0) is 12.8. The second-order valence-electron chi connectivity index (χ2n) is 4.28. The van der Waals surface area contributed by atoms with Gasteiger partial charge in [0.15, 0.2) is 5.72 Å². The van der Waals surface area contributed by atoms with Gasteiger partial charge in [-0.25, -0.2) is 0 Å². The third-order valence-electron chi connectivity index (χ3n) is 2.33. The minimum atomic E-state index is -4.47. The van der Waals surface area contributed by atoms with Crippen LogP contribution in [0.1, 0.15) is 29.8 Å². The minimum Gasteiger partial charge on any atom is -0.468 e. The first-order chi connectivity index (χ1) is 7.69. The minimum absolute atomic E-state index is 0.0980. The fourth-order valence-corrected chi connectivity index (χ4v) is 1.61. The normalized spacial score (nSPS) is 18.1. The molecule has 1 heterocycles. The molecule has 0 fully saturated rings. The summed E-state index contributed by atoms with van der Waals surface area (Å²) in [6, 6.07) is 2.85. The summed E-state index contributed by atoms with van der Waals surface area (Å²) in [5.74, 6) is -0.408. The molecular weight excluding hydrogens is 235 g/mol. The van der Waals surface area contributed by atoms with E-state index < -0.39 is 23.4 Å². The van der Waals surface area contributed by atoms with E-state index in [-0.39, 0.29) is 11.3 Å². The van der Waals surface area contributed by atoms with Gasteiger partial charge >= 0.3 is 6.18 Å². The first-order valence-corrected chi connectivity index (χ1v) is 4.92. The number of halogens is 3. The number of hydrogen-bond acceptors (Lipinski definition) is 2. The van der Waals surface area contributed by atoms with Crippen LogP contribution in [0.2, 0.25) is 0 Å². The monoisotopic (exact) mass is 245 g/mol. The van der Waals surface area contributed by atoms with E-state index in [0.717, 1.165) is 12.1 Å². The summed E-state index contributed by atoms with van der Waals surface area (Å²) in [5, 5.41) is 2.46. The Kier molecular flexibility index (Phi) is 2.34. The summed E-state index contributed by atoms with van der Waals surface area (Å²) in [6.45, 7) is 3.23. The molecule has 0 aliphatic carbocycles. The molecule has 0 saturated heterocycles. The SMILES string of the molecule is CC1(C)NC(=O)c2cc(C(F)(F)F)ccc2O1. The molecular formula is C11H10F3NO2. The Hall–Kier alpha value is -1.72. The second kappa shape index (κ2) is 3.38. The zero-order valence-electron chi connectivity index (χ0n) is 9.18. The Balaban J connectivity index is 2.48. The van der Waals surface area contributed by atoms with Crippen molar-refractivity contribution in [3.05, 3.63) is 29.3 Å². The number of fused-ring (bicyclic) bond motifs is 1. The van der Waals surface area contributed by atoms with E-state index in [9.17, 15) is 18.0 Å². The Labute approximate surface area is 95.6 Å². The van der Waals surface area contributed by atoms with Gasteiger partial charge in [0.2, 0.25) is 0 Å². The highest BCUT2D eigenvalue weighted by molar-refractivity contribution is 5.98. The molecule has 0 spiro atoms. The van der Waals surface area contributed by atoms with Gasteiger partial charge in [-0.3, -0.25) is 4.79 Å². The van der Waals surface area contributed by atoms with Gasteiger partial charge in [0.05, 0.1) is 11.1 Å². The van der Waals surface area contributed by atoms with Crippen LogP contribution < -0.4 is 10.1 Å². The van der Waals surface area contributed by atoms with Crippen LogP contribution in [0.4, 0.5) is 13.2 Å². The smallest absolute Gasteiger partial charge is 0.416 e. The molecule has 3 nitrogen and oxygen atoms in total. The van der Waals surface area contributed by atoms with E-state index in [0.29, 0.717) is 0 Å². The molecule has 17 heavy (non-hydrogen) atoms. The highest BCUT2D eigenvalue weighted by atomic mass is 19.4. The van der Waals surface area contributed by atoms with E-state index in [1.807, 2.05) is 0 Å². The van der Waals surface area contributed by atoms with Crippen molar-refractivity contribution in [1.82, 2.24) is 5.32 Å². The number of carbonyl (C=O) groups excluding carboxylic acids is 1. The van der Waals surface area contributed by atoms with Crippen molar-refractivity contribution >= 4 is 5.91 Å². The summed E-state index contributed by atoms with van der Waals surface area (Å²) in [6.07, 6.45) is -4.47. The van der Waals surface area contributed by atoms with Crippen LogP contribution in [0.15, 0.2) is 18.2 Å². The fourth-order valence-electron chi connectivity index (χ4n) is 1.61. The lowest BCUT2D eigenvalue weighted by atomic mass is 10.1. The molecule has 92 valence electrons. The summed E-state index contributed by atoms with van der Waals surface area (Å²) in [5.41, 5.74) is -1.88. The predicted octanol–water partition coefficient (Wildman–Crippen LogP) is 2.56. The maximum Gasteiger partial charge on any atom is 0.416 e. The highest BCUT2D eigenvalue weighted by Gasteiger charge is 2.36. The summed E-state index contributed by atoms with van der Waals surface area (Å²) < 4.78 is 42.8. The molecule has 1 N–H and O–H groups in total. The third kappa shape index (κ3) is 2.20. The molecule has 0 saturated carbocycles. The molecule has 1 aliphatic rings. The van der Waals surface area contributed by atoms with Gasteiger partial charge in [0.1, 0.15) is 5.75 Å². The molecule has 1 amide bonds. The molecule has 0 aromatic heterocycles. The standard InChI is InChI=1S/C11H10F3NO2/c1-10(2)15-9(16)7-5-6(11(12,13)14)3-4-8(7)17-10/h3-5H,1-2H3,(H,15,16). The molecule has 6 heteroatoms. The van der Waals surface area contributed by atoms with Crippen molar-refractivity contribution in [2.24, 2.45) is 0 Å². The number of nitrogens with one attached hydrogen (secondary N) is 1. The van der Waals surface area contributed by atoms with E-state index in [2.05, 4.69) is 5.32 Å². The third-order valence-corrected chi connectivity index (χ3v) is 2.33. The van der Waals surface area contributed by atoms with Gasteiger partial charge in [-0.2, -0.15) is 13.2 Å². The van der Waals surface area contributed by atoms with E-state index in [1.165, 1.54) is 6.07 Å². The lowest BCUT2D eigenvalue weighted by Gasteiger charge is -2.33. The van der Waals surface area contributed by atoms with Crippen molar-refractivity contribution in [3.8, 4) is 5.75 Å². The number of alkyl halides is 3. The molecule has 0 bridgehead atoms. The van der Waals surface area contributed by atoms with Crippen LogP contribution in [0.5, 0.6) is 5.75 Å². The lowest BCUT2D eigenvalue weighted by Crippen LogP contribution is -2.51. The predicted molar refractivity (Wildman–Crippen MR) is 53.6 cm³/mol. The van der Waals surface area contributed by atoms with Crippen molar-refractivity contribution in [2.75, 3.05) is 0 Å². The topological polar surface area (TPSA) is 38.3 Å². The summed E-state index contributed by atoms with van der Waals surface area (Å²) in [7, 11) is 0. The number of amides is 1. The van der Waals surface area contributed by atoms with Gasteiger partial charge in [-0.15, -0.1) is 0 Å². The van der Waals surface area contributed by atoms with Crippen LogP contribution >= 0.6 is 0 Å².